The molecule has 0 aliphatic carbocycles. The molecule has 0 aliphatic heterocycles. The van der Waals surface area contributed by atoms with Gasteiger partial charge in [0.2, 0.25) is 5.89 Å². The minimum Gasteiger partial charge on any atom is -0.496 e. The molecule has 0 fully saturated rings. The maximum absolute atomic E-state index is 5.67. The number of oxazole rings is 1. The Bertz CT molecular complexity index is 958. The van der Waals surface area contributed by atoms with E-state index in [9.17, 15) is 0 Å². The molecule has 4 aromatic rings. The molecule has 0 saturated carbocycles. The zero-order valence-corrected chi connectivity index (χ0v) is 12.7. The summed E-state index contributed by atoms with van der Waals surface area (Å²) in [5.41, 5.74) is 2.83. The third kappa shape index (κ3) is 2.36. The van der Waals surface area contributed by atoms with Crippen molar-refractivity contribution in [2.75, 3.05) is 7.11 Å². The number of rotatable bonds is 3. The second-order valence-corrected chi connectivity index (χ2v) is 5.26. The quantitative estimate of drug-likeness (QED) is 0.523. The highest BCUT2D eigenvalue weighted by molar-refractivity contribution is 5.99. The Kier molecular flexibility index (Phi) is 3.31. The van der Waals surface area contributed by atoms with E-state index in [1.165, 1.54) is 0 Å². The Hall–Kier alpha value is -3.07. The average molecular weight is 301 g/mol. The highest BCUT2D eigenvalue weighted by Crippen LogP contribution is 2.34. The van der Waals surface area contributed by atoms with Crippen LogP contribution in [0.1, 0.15) is 0 Å². The van der Waals surface area contributed by atoms with Crippen LogP contribution in [-0.2, 0) is 0 Å². The number of hydrogen-bond acceptors (Lipinski definition) is 3. The summed E-state index contributed by atoms with van der Waals surface area (Å²) in [7, 11) is 1.69. The maximum Gasteiger partial charge on any atom is 0.226 e. The van der Waals surface area contributed by atoms with Crippen LogP contribution < -0.4 is 4.74 Å². The smallest absolute Gasteiger partial charge is 0.226 e. The van der Waals surface area contributed by atoms with E-state index in [1.807, 2.05) is 54.6 Å². The molecule has 0 saturated heterocycles. The zero-order chi connectivity index (χ0) is 15.6. The molecule has 23 heavy (non-hydrogen) atoms. The lowest BCUT2D eigenvalue weighted by atomic mass is 10.0. The van der Waals surface area contributed by atoms with Crippen LogP contribution in [0.15, 0.2) is 77.4 Å². The Morgan fingerprint density at radius 3 is 2.35 bits per heavy atom. The normalized spacial score (nSPS) is 10.8. The minimum absolute atomic E-state index is 0.625. The number of methoxy groups -OCH3 is 1. The fourth-order valence-electron chi connectivity index (χ4n) is 2.78. The molecule has 3 nitrogen and oxygen atoms in total. The SMILES string of the molecule is COc1ccc(-c2coc(-c3ccccc3)n2)c2ccccc12. The summed E-state index contributed by atoms with van der Waals surface area (Å²) in [6.45, 7) is 0. The van der Waals surface area contributed by atoms with Gasteiger partial charge in [-0.3, -0.25) is 0 Å². The standard InChI is InChI=1S/C20H15NO2/c1-22-19-12-11-16(15-9-5-6-10-17(15)19)18-13-23-20(21-18)14-7-3-2-4-8-14/h2-13H,1H3. The molecule has 3 heteroatoms. The van der Waals surface area contributed by atoms with Crippen LogP contribution in [0.4, 0.5) is 0 Å². The molecule has 3 aromatic carbocycles. The van der Waals surface area contributed by atoms with Gasteiger partial charge in [0.1, 0.15) is 17.7 Å². The number of benzene rings is 3. The lowest BCUT2D eigenvalue weighted by Gasteiger charge is -2.08. The van der Waals surface area contributed by atoms with Gasteiger partial charge in [0.15, 0.2) is 0 Å². The molecule has 1 aromatic heterocycles. The summed E-state index contributed by atoms with van der Waals surface area (Å²) in [4.78, 5) is 4.65. The molecule has 0 atom stereocenters. The van der Waals surface area contributed by atoms with Crippen LogP contribution in [0.3, 0.4) is 0 Å². The van der Waals surface area contributed by atoms with Gasteiger partial charge in [-0.05, 0) is 29.7 Å². The molecular weight excluding hydrogens is 286 g/mol. The summed E-state index contributed by atoms with van der Waals surface area (Å²) in [5.74, 6) is 1.48. The van der Waals surface area contributed by atoms with E-state index in [0.717, 1.165) is 33.3 Å². The van der Waals surface area contributed by atoms with Gasteiger partial charge in [0.25, 0.3) is 0 Å². The van der Waals surface area contributed by atoms with Gasteiger partial charge in [0.05, 0.1) is 7.11 Å². The maximum atomic E-state index is 5.67. The van der Waals surface area contributed by atoms with Gasteiger partial charge in [-0.1, -0.05) is 42.5 Å². The minimum atomic E-state index is 0.625. The largest absolute Gasteiger partial charge is 0.496 e. The summed E-state index contributed by atoms with van der Waals surface area (Å²) >= 11 is 0. The monoisotopic (exact) mass is 301 g/mol. The van der Waals surface area contributed by atoms with Crippen molar-refractivity contribution in [2.24, 2.45) is 0 Å². The van der Waals surface area contributed by atoms with Crippen LogP contribution in [0.2, 0.25) is 0 Å². The van der Waals surface area contributed by atoms with E-state index in [1.54, 1.807) is 13.4 Å². The lowest BCUT2D eigenvalue weighted by molar-refractivity contribution is 0.420. The molecule has 0 N–H and O–H groups in total. The van der Waals surface area contributed by atoms with Crippen LogP contribution >= 0.6 is 0 Å². The summed E-state index contributed by atoms with van der Waals surface area (Å²) in [5, 5.41) is 2.16. The summed E-state index contributed by atoms with van der Waals surface area (Å²) < 4.78 is 11.1. The van der Waals surface area contributed by atoms with Crippen LogP contribution in [0.5, 0.6) is 5.75 Å². The molecule has 0 spiro atoms. The van der Waals surface area contributed by atoms with Crippen molar-refractivity contribution in [3.63, 3.8) is 0 Å². The molecule has 0 unspecified atom stereocenters. The highest BCUT2D eigenvalue weighted by atomic mass is 16.5. The summed E-state index contributed by atoms with van der Waals surface area (Å²) in [6.07, 6.45) is 1.70. The molecule has 0 aliphatic rings. The third-order valence-electron chi connectivity index (χ3n) is 3.90. The third-order valence-corrected chi connectivity index (χ3v) is 3.90. The van der Waals surface area contributed by atoms with E-state index >= 15 is 0 Å². The van der Waals surface area contributed by atoms with E-state index in [-0.39, 0.29) is 0 Å². The molecule has 1 heterocycles. The fraction of sp³-hybridized carbons (Fsp3) is 0.0500. The first-order valence-electron chi connectivity index (χ1n) is 7.44. The van der Waals surface area contributed by atoms with Gasteiger partial charge < -0.3 is 9.15 Å². The van der Waals surface area contributed by atoms with E-state index in [0.29, 0.717) is 5.89 Å². The fourth-order valence-corrected chi connectivity index (χ4v) is 2.78. The second kappa shape index (κ2) is 5.61. The molecule has 0 amide bonds. The number of ether oxygens (including phenoxy) is 1. The Labute approximate surface area is 134 Å². The molecule has 112 valence electrons. The van der Waals surface area contributed by atoms with Crippen LogP contribution in [-0.4, -0.2) is 12.1 Å². The zero-order valence-electron chi connectivity index (χ0n) is 12.7. The van der Waals surface area contributed by atoms with Crippen molar-refractivity contribution >= 4 is 10.8 Å². The summed E-state index contributed by atoms with van der Waals surface area (Å²) in [6, 6.07) is 22.0. The van der Waals surface area contributed by atoms with Crippen molar-refractivity contribution in [3.8, 4) is 28.5 Å². The van der Waals surface area contributed by atoms with Crippen molar-refractivity contribution in [1.29, 1.82) is 0 Å². The first-order chi connectivity index (χ1) is 11.4. The van der Waals surface area contributed by atoms with E-state index in [4.69, 9.17) is 9.15 Å². The molecular formula is C20H15NO2. The Balaban J connectivity index is 1.86. The van der Waals surface area contributed by atoms with E-state index in [2.05, 4.69) is 17.1 Å². The van der Waals surface area contributed by atoms with Gasteiger partial charge in [0, 0.05) is 16.5 Å². The first-order valence-corrected chi connectivity index (χ1v) is 7.44. The van der Waals surface area contributed by atoms with Gasteiger partial charge in [-0.25, -0.2) is 4.98 Å². The van der Waals surface area contributed by atoms with Crippen molar-refractivity contribution in [2.45, 2.75) is 0 Å². The Morgan fingerprint density at radius 1 is 0.826 bits per heavy atom. The molecule has 0 bridgehead atoms. The number of nitrogens with zero attached hydrogens (tertiary/aromatic N) is 1. The van der Waals surface area contributed by atoms with Crippen LogP contribution in [0, 0.1) is 0 Å². The van der Waals surface area contributed by atoms with Gasteiger partial charge >= 0.3 is 0 Å². The lowest BCUT2D eigenvalue weighted by Crippen LogP contribution is -1.88. The number of fused-ring (bicyclic) bond motifs is 1. The predicted octanol–water partition coefficient (Wildman–Crippen LogP) is 5.17. The van der Waals surface area contributed by atoms with Crippen molar-refractivity contribution < 1.29 is 9.15 Å². The molecule has 0 radical (unpaired) electrons. The second-order valence-electron chi connectivity index (χ2n) is 5.26. The number of aromatic nitrogens is 1. The highest BCUT2D eigenvalue weighted by Gasteiger charge is 2.12. The van der Waals surface area contributed by atoms with Crippen LogP contribution in [0.25, 0.3) is 33.5 Å². The molecule has 4 rings (SSSR count). The van der Waals surface area contributed by atoms with Crippen molar-refractivity contribution in [3.05, 3.63) is 73.0 Å². The topological polar surface area (TPSA) is 35.3 Å². The van der Waals surface area contributed by atoms with Gasteiger partial charge in [-0.2, -0.15) is 0 Å². The van der Waals surface area contributed by atoms with Gasteiger partial charge in [-0.15, -0.1) is 0 Å². The van der Waals surface area contributed by atoms with E-state index < -0.39 is 0 Å². The number of hydrogen-bond donors (Lipinski definition) is 0. The predicted molar refractivity (Wildman–Crippen MR) is 91.4 cm³/mol. The Morgan fingerprint density at radius 2 is 1.57 bits per heavy atom. The van der Waals surface area contributed by atoms with Crippen molar-refractivity contribution in [1.82, 2.24) is 4.98 Å². The average Bonchev–Trinajstić information content (AvgIpc) is 3.11. The first kappa shape index (κ1) is 13.6.